The number of rotatable bonds is 1. The van der Waals surface area contributed by atoms with Gasteiger partial charge >= 0.3 is 6.09 Å². The monoisotopic (exact) mass is 299 g/mol. The number of imide groups is 1. The first kappa shape index (κ1) is 14.6. The predicted molar refractivity (Wildman–Crippen MR) is 66.3 cm³/mol. The van der Waals surface area contributed by atoms with Crippen molar-refractivity contribution in [2.24, 2.45) is 0 Å². The average molecular weight is 301 g/mol. The van der Waals surface area contributed by atoms with Gasteiger partial charge in [-0.2, -0.15) is 0 Å². The van der Waals surface area contributed by atoms with Gasteiger partial charge in [-0.3, -0.25) is 10.1 Å². The van der Waals surface area contributed by atoms with Crippen molar-refractivity contribution in [3.05, 3.63) is 11.6 Å². The summed E-state index contributed by atoms with van der Waals surface area (Å²) in [7, 11) is 0. The topological polar surface area (TPSA) is 55.4 Å². The second-order valence-corrected chi connectivity index (χ2v) is 6.08. The van der Waals surface area contributed by atoms with Gasteiger partial charge < -0.3 is 4.74 Å². The van der Waals surface area contributed by atoms with E-state index in [1.807, 2.05) is 18.3 Å². The minimum atomic E-state index is -2.17. The Morgan fingerprint density at radius 2 is 2.12 bits per heavy atom. The summed E-state index contributed by atoms with van der Waals surface area (Å²) in [4.78, 5) is 22.5. The SMILES string of the molecule is CC1=CC(OC(=O)NC(=O)C(Cl)(Cl)Cl)CCC1. The second-order valence-electron chi connectivity index (χ2n) is 3.80. The second kappa shape index (κ2) is 5.94. The van der Waals surface area contributed by atoms with Crippen molar-refractivity contribution in [1.29, 1.82) is 0 Å². The molecule has 17 heavy (non-hydrogen) atoms. The Balaban J connectivity index is 2.45. The minimum Gasteiger partial charge on any atom is -0.442 e. The van der Waals surface area contributed by atoms with Crippen LogP contribution in [0.25, 0.3) is 0 Å². The molecule has 96 valence electrons. The van der Waals surface area contributed by atoms with Crippen LogP contribution in [-0.2, 0) is 9.53 Å². The van der Waals surface area contributed by atoms with E-state index in [0.717, 1.165) is 24.8 Å². The molecule has 1 unspecified atom stereocenters. The first-order chi connectivity index (χ1) is 7.79. The summed E-state index contributed by atoms with van der Waals surface area (Å²) >= 11 is 15.9. The van der Waals surface area contributed by atoms with Gasteiger partial charge in [-0.15, -0.1) is 0 Å². The number of alkyl halides is 3. The number of ether oxygens (including phenoxy) is 1. The van der Waals surface area contributed by atoms with E-state index < -0.39 is 15.8 Å². The van der Waals surface area contributed by atoms with Crippen molar-refractivity contribution < 1.29 is 14.3 Å². The highest BCUT2D eigenvalue weighted by Gasteiger charge is 2.32. The molecule has 4 nitrogen and oxygen atoms in total. The lowest BCUT2D eigenvalue weighted by Gasteiger charge is -2.20. The van der Waals surface area contributed by atoms with Crippen molar-refractivity contribution >= 4 is 46.8 Å². The third kappa shape index (κ3) is 5.15. The molecule has 2 amide bonds. The van der Waals surface area contributed by atoms with Crippen LogP contribution in [0.5, 0.6) is 0 Å². The number of alkyl carbamates (subject to hydrolysis) is 1. The third-order valence-electron chi connectivity index (χ3n) is 2.26. The molecule has 0 aliphatic heterocycles. The summed E-state index contributed by atoms with van der Waals surface area (Å²) in [5, 5.41) is 1.86. The van der Waals surface area contributed by atoms with E-state index >= 15 is 0 Å². The summed E-state index contributed by atoms with van der Waals surface area (Å²) in [6, 6.07) is 0. The Bertz CT molecular complexity index is 349. The van der Waals surface area contributed by atoms with Crippen LogP contribution in [0.3, 0.4) is 0 Å². The predicted octanol–water partition coefficient (Wildman–Crippen LogP) is 3.11. The smallest absolute Gasteiger partial charge is 0.414 e. The molecule has 1 aliphatic rings. The number of amides is 2. The molecule has 0 fully saturated rings. The first-order valence-electron chi connectivity index (χ1n) is 5.05. The molecule has 0 aromatic heterocycles. The average Bonchev–Trinajstić information content (AvgIpc) is 2.15. The van der Waals surface area contributed by atoms with Crippen LogP contribution in [0.1, 0.15) is 26.2 Å². The number of nitrogens with one attached hydrogen (secondary N) is 1. The molecular formula is C10H12Cl3NO3. The lowest BCUT2D eigenvalue weighted by atomic mass is 9.99. The summed E-state index contributed by atoms with van der Waals surface area (Å²) < 4.78 is 2.84. The van der Waals surface area contributed by atoms with Gasteiger partial charge in [0, 0.05) is 0 Å². The van der Waals surface area contributed by atoms with Crippen molar-refractivity contribution in [1.82, 2.24) is 5.32 Å². The first-order valence-corrected chi connectivity index (χ1v) is 6.18. The normalized spacial score (nSPS) is 20.5. The molecule has 0 saturated carbocycles. The highest BCUT2D eigenvalue weighted by atomic mass is 35.6. The number of hydrogen-bond donors (Lipinski definition) is 1. The van der Waals surface area contributed by atoms with Crippen LogP contribution in [0.4, 0.5) is 4.79 Å². The van der Waals surface area contributed by atoms with Gasteiger partial charge in [-0.25, -0.2) is 4.79 Å². The summed E-state index contributed by atoms with van der Waals surface area (Å²) in [6.07, 6.45) is 3.28. The number of allylic oxidation sites excluding steroid dienone is 1. The lowest BCUT2D eigenvalue weighted by Crippen LogP contribution is -2.40. The Labute approximate surface area is 114 Å². The summed E-state index contributed by atoms with van der Waals surface area (Å²) in [6.45, 7) is 1.96. The Morgan fingerprint density at radius 3 is 2.65 bits per heavy atom. The Hall–Kier alpha value is -0.450. The molecule has 0 heterocycles. The number of hydrogen-bond acceptors (Lipinski definition) is 3. The lowest BCUT2D eigenvalue weighted by molar-refractivity contribution is -0.119. The van der Waals surface area contributed by atoms with Gasteiger partial charge in [0.15, 0.2) is 0 Å². The van der Waals surface area contributed by atoms with Crippen molar-refractivity contribution in [3.63, 3.8) is 0 Å². The maximum Gasteiger partial charge on any atom is 0.414 e. The van der Waals surface area contributed by atoms with Crippen LogP contribution in [0.2, 0.25) is 0 Å². The molecule has 0 aromatic rings. The van der Waals surface area contributed by atoms with Crippen molar-refractivity contribution in [3.8, 4) is 0 Å². The molecule has 7 heteroatoms. The minimum absolute atomic E-state index is 0.327. The van der Waals surface area contributed by atoms with Crippen LogP contribution < -0.4 is 5.32 Å². The molecule has 1 rings (SSSR count). The molecule has 1 atom stereocenters. The van der Waals surface area contributed by atoms with Gasteiger partial charge in [0.2, 0.25) is 0 Å². The zero-order valence-electron chi connectivity index (χ0n) is 9.13. The van der Waals surface area contributed by atoms with Crippen LogP contribution in [-0.4, -0.2) is 21.9 Å². The van der Waals surface area contributed by atoms with Gasteiger partial charge in [0.1, 0.15) is 6.10 Å². The molecule has 0 aromatic carbocycles. The van der Waals surface area contributed by atoms with Crippen LogP contribution in [0.15, 0.2) is 11.6 Å². The van der Waals surface area contributed by atoms with E-state index in [1.165, 1.54) is 0 Å². The van der Waals surface area contributed by atoms with E-state index in [4.69, 9.17) is 39.5 Å². The molecule has 0 bridgehead atoms. The maximum atomic E-state index is 11.3. The highest BCUT2D eigenvalue weighted by Crippen LogP contribution is 2.26. The fourth-order valence-corrected chi connectivity index (χ4v) is 1.63. The van der Waals surface area contributed by atoms with E-state index in [-0.39, 0.29) is 6.10 Å². The number of carbonyl (C=O) groups excluding carboxylic acids is 2. The number of carbonyl (C=O) groups is 2. The fourth-order valence-electron chi connectivity index (χ4n) is 1.49. The number of halogens is 3. The zero-order valence-corrected chi connectivity index (χ0v) is 11.4. The van der Waals surface area contributed by atoms with E-state index in [9.17, 15) is 9.59 Å². The van der Waals surface area contributed by atoms with E-state index in [0.29, 0.717) is 0 Å². The summed E-state index contributed by atoms with van der Waals surface area (Å²) in [5.74, 6) is -1.02. The molecular weight excluding hydrogens is 288 g/mol. The van der Waals surface area contributed by atoms with E-state index in [2.05, 4.69) is 0 Å². The molecule has 0 saturated heterocycles. The van der Waals surface area contributed by atoms with Gasteiger partial charge in [-0.1, -0.05) is 40.4 Å². The summed E-state index contributed by atoms with van der Waals surface area (Å²) in [5.41, 5.74) is 1.15. The molecule has 0 radical (unpaired) electrons. The molecule has 1 aliphatic carbocycles. The van der Waals surface area contributed by atoms with Crippen molar-refractivity contribution in [2.45, 2.75) is 36.1 Å². The van der Waals surface area contributed by atoms with Gasteiger partial charge in [0.05, 0.1) is 0 Å². The fraction of sp³-hybridized carbons (Fsp3) is 0.600. The standard InChI is InChI=1S/C10H12Cl3NO3/c1-6-3-2-4-7(5-6)17-9(16)14-8(15)10(11,12)13/h5,7H,2-4H2,1H3,(H,14,15,16). The highest BCUT2D eigenvalue weighted by molar-refractivity contribution is 6.76. The molecule has 0 spiro atoms. The maximum absolute atomic E-state index is 11.3. The Morgan fingerprint density at radius 1 is 1.47 bits per heavy atom. The van der Waals surface area contributed by atoms with Gasteiger partial charge in [0.25, 0.3) is 9.70 Å². The zero-order chi connectivity index (χ0) is 13.1. The largest absolute Gasteiger partial charge is 0.442 e. The van der Waals surface area contributed by atoms with Crippen LogP contribution in [0, 0.1) is 0 Å². The third-order valence-corrected chi connectivity index (χ3v) is 2.78. The van der Waals surface area contributed by atoms with Crippen LogP contribution >= 0.6 is 34.8 Å². The quantitative estimate of drug-likeness (QED) is 0.598. The van der Waals surface area contributed by atoms with Gasteiger partial charge in [-0.05, 0) is 32.3 Å². The Kier molecular flexibility index (Phi) is 5.10. The van der Waals surface area contributed by atoms with Crippen molar-refractivity contribution in [2.75, 3.05) is 0 Å². The van der Waals surface area contributed by atoms with E-state index in [1.54, 1.807) is 0 Å². The molecule has 1 N–H and O–H groups in total.